The summed E-state index contributed by atoms with van der Waals surface area (Å²) in [6, 6.07) is 3.42. The first-order valence-corrected chi connectivity index (χ1v) is 12.5. The summed E-state index contributed by atoms with van der Waals surface area (Å²) < 4.78 is 73.7. The number of hydrogen-bond acceptors (Lipinski definition) is 5. The van der Waals surface area contributed by atoms with Crippen LogP contribution in [0.2, 0.25) is 0 Å². The van der Waals surface area contributed by atoms with Crippen LogP contribution in [0.25, 0.3) is 6.08 Å². The van der Waals surface area contributed by atoms with Gasteiger partial charge in [0.05, 0.1) is 23.2 Å². The van der Waals surface area contributed by atoms with E-state index in [0.717, 1.165) is 6.07 Å². The second-order valence-electron chi connectivity index (χ2n) is 9.54. The molecule has 1 aromatic heterocycles. The summed E-state index contributed by atoms with van der Waals surface area (Å²) >= 11 is 0. The predicted molar refractivity (Wildman–Crippen MR) is 134 cm³/mol. The van der Waals surface area contributed by atoms with Gasteiger partial charge in [0, 0.05) is 30.5 Å². The number of furan rings is 1. The lowest BCUT2D eigenvalue weighted by Gasteiger charge is -2.24. The minimum atomic E-state index is -4.48. The molecule has 1 aliphatic heterocycles. The fourth-order valence-corrected chi connectivity index (χ4v) is 4.74. The van der Waals surface area contributed by atoms with Gasteiger partial charge in [-0.1, -0.05) is 18.2 Å². The van der Waals surface area contributed by atoms with Crippen LogP contribution in [0.4, 0.5) is 22.0 Å². The number of nitrogens with one attached hydrogen (secondary N) is 2. The zero-order valence-electron chi connectivity index (χ0n) is 21.5. The first-order valence-electron chi connectivity index (χ1n) is 12.5. The van der Waals surface area contributed by atoms with Gasteiger partial charge in [-0.25, -0.2) is 13.8 Å². The van der Waals surface area contributed by atoms with E-state index in [1.54, 1.807) is 6.07 Å². The van der Waals surface area contributed by atoms with Crippen LogP contribution >= 0.6 is 0 Å². The number of rotatable bonds is 7. The van der Waals surface area contributed by atoms with Crippen LogP contribution in [0.5, 0.6) is 0 Å². The number of nitriles is 1. The molecule has 210 valence electrons. The van der Waals surface area contributed by atoms with E-state index in [-0.39, 0.29) is 34.1 Å². The highest BCUT2D eigenvalue weighted by molar-refractivity contribution is 5.96. The van der Waals surface area contributed by atoms with Crippen LogP contribution in [0.3, 0.4) is 0 Å². The molecule has 0 spiro atoms. The molecule has 3 unspecified atom stereocenters. The Morgan fingerprint density at radius 2 is 2.00 bits per heavy atom. The maximum Gasteiger partial charge on any atom is 0.389 e. The van der Waals surface area contributed by atoms with E-state index in [9.17, 15) is 31.5 Å². The molecule has 2 N–H and O–H groups in total. The molecular formula is C28H25F5N4O3. The van der Waals surface area contributed by atoms with Crippen molar-refractivity contribution in [3.05, 3.63) is 81.3 Å². The van der Waals surface area contributed by atoms with Gasteiger partial charge in [-0.3, -0.25) is 9.59 Å². The first kappa shape index (κ1) is 28.7. The molecule has 2 aromatic rings. The van der Waals surface area contributed by atoms with Gasteiger partial charge in [0.2, 0.25) is 5.55 Å². The molecule has 0 saturated heterocycles. The third-order valence-corrected chi connectivity index (χ3v) is 6.73. The van der Waals surface area contributed by atoms with E-state index in [2.05, 4.69) is 15.6 Å². The van der Waals surface area contributed by atoms with Gasteiger partial charge in [-0.15, -0.1) is 0 Å². The maximum absolute atomic E-state index is 14.6. The van der Waals surface area contributed by atoms with Crippen molar-refractivity contribution in [1.29, 1.82) is 5.26 Å². The number of nitrogens with zero attached hydrogens (tertiary/aromatic N) is 2. The third kappa shape index (κ3) is 6.14. The number of fused-ring (bicyclic) bond motifs is 1. The Bertz CT molecular complexity index is 1550. The molecule has 7 nitrogen and oxygen atoms in total. The third-order valence-electron chi connectivity index (χ3n) is 6.73. The van der Waals surface area contributed by atoms with Gasteiger partial charge in [-0.05, 0) is 49.6 Å². The average molecular weight is 561 g/mol. The van der Waals surface area contributed by atoms with Crippen LogP contribution in [0.15, 0.2) is 51.7 Å². The highest BCUT2D eigenvalue weighted by Crippen LogP contribution is 2.34. The first-order chi connectivity index (χ1) is 18.9. The normalized spacial score (nSPS) is 20.8. The highest BCUT2D eigenvalue weighted by Gasteiger charge is 2.35. The summed E-state index contributed by atoms with van der Waals surface area (Å²) in [5.41, 5.74) is -0.0444. The molecule has 2 heterocycles. The van der Waals surface area contributed by atoms with Crippen LogP contribution < -0.4 is 21.4 Å². The molecule has 0 radical (unpaired) electrons. The number of benzene rings is 1. The van der Waals surface area contributed by atoms with Crippen molar-refractivity contribution in [2.75, 3.05) is 7.05 Å². The molecule has 40 heavy (non-hydrogen) atoms. The van der Waals surface area contributed by atoms with Crippen LogP contribution in [0.1, 0.15) is 70.1 Å². The predicted octanol–water partition coefficient (Wildman–Crippen LogP) is 4.23. The Labute approximate surface area is 225 Å². The number of halogens is 5. The summed E-state index contributed by atoms with van der Waals surface area (Å²) in [5, 5.41) is 14.1. The molecule has 4 rings (SSSR count). The second kappa shape index (κ2) is 11.5. The molecule has 4 atom stereocenters. The fraction of sp³-hybridized carbons (Fsp3) is 0.357. The maximum atomic E-state index is 14.6. The number of alkyl halides is 3. The molecule has 2 aliphatic rings. The Hall–Kier alpha value is -4.27. The van der Waals surface area contributed by atoms with Gasteiger partial charge in [0.15, 0.2) is 0 Å². The average Bonchev–Trinajstić information content (AvgIpc) is 3.29. The standard InChI is InChI=1S/C28H25F5N4O3/c1-14(13-34)36-25(38)19-11-16(5-8-21(19)30)18-12-20-23(26(39)35-2)24(15-3-6-17(29)7-4-15)40-27(20)37-22(18)9-10-28(31,32)33/h3,5-8,11-12,14-15,18,22H,4,9-10H2,1-2H3,(H,35,39)(H,36,38)/t14-,15?,18?,22?/m1/s1. The smallest absolute Gasteiger partial charge is 0.389 e. The summed E-state index contributed by atoms with van der Waals surface area (Å²) in [6.07, 6.45) is -0.277. The second-order valence-corrected chi connectivity index (χ2v) is 9.54. The largest absolute Gasteiger partial charge is 0.442 e. The molecule has 2 amide bonds. The monoisotopic (exact) mass is 560 g/mol. The van der Waals surface area contributed by atoms with Crippen molar-refractivity contribution in [3.8, 4) is 6.07 Å². The van der Waals surface area contributed by atoms with Gasteiger partial charge >= 0.3 is 6.18 Å². The van der Waals surface area contributed by atoms with Crippen molar-refractivity contribution in [3.63, 3.8) is 0 Å². The van der Waals surface area contributed by atoms with Crippen LogP contribution in [0, 0.1) is 17.1 Å². The molecular weight excluding hydrogens is 535 g/mol. The van der Waals surface area contributed by atoms with E-state index in [0.29, 0.717) is 0 Å². The molecule has 0 saturated carbocycles. The molecule has 1 aliphatic carbocycles. The molecule has 0 fully saturated rings. The quantitative estimate of drug-likeness (QED) is 0.495. The Kier molecular flexibility index (Phi) is 8.23. The minimum Gasteiger partial charge on any atom is -0.442 e. The van der Waals surface area contributed by atoms with Gasteiger partial charge in [0.25, 0.3) is 11.8 Å². The van der Waals surface area contributed by atoms with E-state index in [1.165, 1.54) is 50.4 Å². The van der Waals surface area contributed by atoms with E-state index in [4.69, 9.17) is 9.68 Å². The van der Waals surface area contributed by atoms with E-state index in [1.807, 2.05) is 0 Å². The fourth-order valence-electron chi connectivity index (χ4n) is 4.74. The minimum absolute atomic E-state index is 0.0385. The highest BCUT2D eigenvalue weighted by atomic mass is 19.4. The van der Waals surface area contributed by atoms with Crippen LogP contribution in [-0.4, -0.2) is 37.1 Å². The topological polar surface area (TPSA) is 107 Å². The van der Waals surface area contributed by atoms with E-state index >= 15 is 0 Å². The number of allylic oxidation sites excluding steroid dienone is 4. The number of hydrogen-bond donors (Lipinski definition) is 2. The lowest BCUT2D eigenvalue weighted by Crippen LogP contribution is -2.37. The Morgan fingerprint density at radius 3 is 2.62 bits per heavy atom. The SMILES string of the molecule is CNC(=O)c1c(C2C=CC(F)=CC2)oc2c1=CC(c1ccc(F)c(C(=O)N[C@H](C)C#N)c1)C(CCC(F)(F)F)N=2. The van der Waals surface area contributed by atoms with Crippen molar-refractivity contribution in [2.45, 2.75) is 56.3 Å². The summed E-state index contributed by atoms with van der Waals surface area (Å²) in [7, 11) is 1.40. The summed E-state index contributed by atoms with van der Waals surface area (Å²) in [5.74, 6) is -3.95. The lowest BCUT2D eigenvalue weighted by molar-refractivity contribution is -0.136. The number of carbonyl (C=O) groups excluding carboxylic acids is 2. The molecule has 12 heteroatoms. The van der Waals surface area contributed by atoms with Crippen molar-refractivity contribution in [1.82, 2.24) is 10.6 Å². The zero-order chi connectivity index (χ0) is 29.2. The van der Waals surface area contributed by atoms with Gasteiger partial charge in [-0.2, -0.15) is 18.4 Å². The van der Waals surface area contributed by atoms with Gasteiger partial charge < -0.3 is 15.1 Å². The number of amides is 2. The Balaban J connectivity index is 1.86. The van der Waals surface area contributed by atoms with Gasteiger partial charge in [0.1, 0.15) is 23.4 Å². The van der Waals surface area contributed by atoms with Crippen molar-refractivity contribution < 1.29 is 36.0 Å². The molecule has 0 bridgehead atoms. The summed E-state index contributed by atoms with van der Waals surface area (Å²) in [4.78, 5) is 30.0. The van der Waals surface area contributed by atoms with Crippen molar-refractivity contribution >= 4 is 17.9 Å². The van der Waals surface area contributed by atoms with Crippen LogP contribution in [-0.2, 0) is 0 Å². The van der Waals surface area contributed by atoms with Crippen molar-refractivity contribution in [2.24, 2.45) is 4.99 Å². The molecule has 1 aromatic carbocycles. The number of carbonyl (C=O) groups is 2. The Morgan fingerprint density at radius 1 is 1.25 bits per heavy atom. The lowest BCUT2D eigenvalue weighted by atomic mass is 9.85. The van der Waals surface area contributed by atoms with E-state index < -0.39 is 72.0 Å². The summed E-state index contributed by atoms with van der Waals surface area (Å²) in [6.45, 7) is 1.41. The zero-order valence-corrected chi connectivity index (χ0v) is 21.5.